The summed E-state index contributed by atoms with van der Waals surface area (Å²) in [5.74, 6) is -2.20. The molecule has 1 aliphatic rings. The molecule has 1 saturated carbocycles. The fourth-order valence-corrected chi connectivity index (χ4v) is 4.95. The molecule has 0 amide bonds. The van der Waals surface area contributed by atoms with Gasteiger partial charge >= 0.3 is 6.18 Å². The number of aliphatic hydroxyl groups is 1. The first-order valence-electron chi connectivity index (χ1n) is 11.7. The third kappa shape index (κ3) is 4.23. The van der Waals surface area contributed by atoms with Gasteiger partial charge in [-0.3, -0.25) is 9.48 Å². The fourth-order valence-electron chi connectivity index (χ4n) is 4.95. The lowest BCUT2D eigenvalue weighted by Crippen LogP contribution is -2.60. The van der Waals surface area contributed by atoms with E-state index >= 15 is 0 Å². The number of carboxylic acids is 1. The zero-order valence-corrected chi connectivity index (χ0v) is 20.1. The molecular formula is C25H25F3N5O4-. The number of aromatic nitrogens is 3. The number of carbonyl (C=O) groups excluding carboxylic acids is 1. The zero-order valence-electron chi connectivity index (χ0n) is 20.1. The molecule has 2 aromatic heterocycles. The van der Waals surface area contributed by atoms with Crippen molar-refractivity contribution < 1.29 is 28.2 Å². The molecule has 3 N–H and O–H groups in total. The SMILES string of the molecule is CC(C)(C(=O)[O-])C(O)(c1ccc(Nc2nn([C@H]3CCCC[C@@H]3C#N)c3cc[nH]c(=O)c23)cc1)C(F)(F)F. The second-order valence-corrected chi connectivity index (χ2v) is 9.77. The van der Waals surface area contributed by atoms with Crippen LogP contribution in [0, 0.1) is 22.7 Å². The highest BCUT2D eigenvalue weighted by Crippen LogP contribution is 2.50. The lowest BCUT2D eigenvalue weighted by atomic mass is 9.70. The highest BCUT2D eigenvalue weighted by molar-refractivity contribution is 5.91. The van der Waals surface area contributed by atoms with Crippen molar-refractivity contribution in [1.82, 2.24) is 14.8 Å². The summed E-state index contributed by atoms with van der Waals surface area (Å²) >= 11 is 0. The van der Waals surface area contributed by atoms with E-state index in [0.717, 1.165) is 38.8 Å². The highest BCUT2D eigenvalue weighted by atomic mass is 19.4. The number of rotatable bonds is 6. The molecule has 4 rings (SSSR count). The second-order valence-electron chi connectivity index (χ2n) is 9.77. The molecule has 0 aliphatic heterocycles. The zero-order chi connectivity index (χ0) is 27.2. The molecule has 1 fully saturated rings. The van der Waals surface area contributed by atoms with Crippen LogP contribution in [0.3, 0.4) is 0 Å². The first-order chi connectivity index (χ1) is 17.3. The second kappa shape index (κ2) is 9.23. The minimum absolute atomic E-state index is 0.146. The monoisotopic (exact) mass is 516 g/mol. The number of alkyl halides is 3. The summed E-state index contributed by atoms with van der Waals surface area (Å²) in [6.45, 7) is 1.49. The van der Waals surface area contributed by atoms with Gasteiger partial charge in [-0.1, -0.05) is 38.8 Å². The number of aliphatic carboxylic acids is 1. The number of halogens is 3. The largest absolute Gasteiger partial charge is 0.549 e. The number of aromatic amines is 1. The molecule has 3 aromatic rings. The number of pyridine rings is 1. The predicted molar refractivity (Wildman–Crippen MR) is 125 cm³/mol. The first-order valence-corrected chi connectivity index (χ1v) is 11.7. The van der Waals surface area contributed by atoms with E-state index in [9.17, 15) is 38.2 Å². The maximum atomic E-state index is 13.9. The molecule has 2 heterocycles. The number of anilines is 2. The van der Waals surface area contributed by atoms with Gasteiger partial charge in [-0.05, 0) is 36.6 Å². The smallest absolute Gasteiger partial charge is 0.422 e. The molecule has 0 spiro atoms. The van der Waals surface area contributed by atoms with Crippen LogP contribution in [-0.2, 0) is 10.4 Å². The van der Waals surface area contributed by atoms with Crippen molar-refractivity contribution in [2.45, 2.75) is 57.3 Å². The molecular weight excluding hydrogens is 491 g/mol. The standard InChI is InChI=1S/C25H26F3N5O4/c1-23(2,22(35)36)24(37,25(26,27)28)15-7-9-16(10-8-15)31-20-19-18(11-12-30-21(19)34)33(32-20)17-6-4-3-5-14(17)13-29/h7-12,14,17,37H,3-6H2,1-2H3,(H,30,34)(H,31,32)(H,35,36)/p-1/t14-,17+,24?/m1/s1. The third-order valence-corrected chi connectivity index (χ3v) is 7.23. The Hall–Kier alpha value is -3.85. The Morgan fingerprint density at radius 3 is 2.46 bits per heavy atom. The lowest BCUT2D eigenvalue weighted by molar-refractivity contribution is -0.354. The summed E-state index contributed by atoms with van der Waals surface area (Å²) in [4.78, 5) is 26.7. The maximum Gasteiger partial charge on any atom is 0.422 e. The van der Waals surface area contributed by atoms with E-state index in [0.29, 0.717) is 18.4 Å². The number of fused-ring (bicyclic) bond motifs is 1. The Labute approximate surface area is 209 Å². The van der Waals surface area contributed by atoms with E-state index in [-0.39, 0.29) is 28.9 Å². The average molecular weight is 517 g/mol. The van der Waals surface area contributed by atoms with E-state index in [2.05, 4.69) is 21.5 Å². The van der Waals surface area contributed by atoms with E-state index in [1.807, 2.05) is 0 Å². The van der Waals surface area contributed by atoms with Crippen molar-refractivity contribution in [3.63, 3.8) is 0 Å². The van der Waals surface area contributed by atoms with Crippen LogP contribution in [0.5, 0.6) is 0 Å². The van der Waals surface area contributed by atoms with E-state index in [4.69, 9.17) is 0 Å². The molecule has 37 heavy (non-hydrogen) atoms. The van der Waals surface area contributed by atoms with Crippen molar-refractivity contribution in [2.24, 2.45) is 11.3 Å². The van der Waals surface area contributed by atoms with E-state index < -0.39 is 34.3 Å². The van der Waals surface area contributed by atoms with Crippen LogP contribution in [0.15, 0.2) is 41.3 Å². The van der Waals surface area contributed by atoms with Gasteiger partial charge in [-0.2, -0.15) is 23.5 Å². The number of carboxylic acid groups (broad SMARTS) is 1. The molecule has 9 nitrogen and oxygen atoms in total. The molecule has 0 radical (unpaired) electrons. The molecule has 1 aromatic carbocycles. The number of nitriles is 1. The van der Waals surface area contributed by atoms with Gasteiger partial charge < -0.3 is 25.3 Å². The predicted octanol–water partition coefficient (Wildman–Crippen LogP) is 3.25. The summed E-state index contributed by atoms with van der Waals surface area (Å²) in [7, 11) is 0. The lowest BCUT2D eigenvalue weighted by Gasteiger charge is -2.44. The van der Waals surface area contributed by atoms with Crippen molar-refractivity contribution in [2.75, 3.05) is 5.32 Å². The molecule has 196 valence electrons. The van der Waals surface area contributed by atoms with Crippen molar-refractivity contribution in [3.05, 3.63) is 52.4 Å². The maximum absolute atomic E-state index is 13.9. The summed E-state index contributed by atoms with van der Waals surface area (Å²) in [6.07, 6.45) is -0.596. The molecule has 3 atom stereocenters. The fraction of sp³-hybridized carbons (Fsp3) is 0.440. The third-order valence-electron chi connectivity index (χ3n) is 7.23. The van der Waals surface area contributed by atoms with Crippen LogP contribution in [-0.4, -0.2) is 32.0 Å². The Morgan fingerprint density at radius 1 is 1.22 bits per heavy atom. The quantitative estimate of drug-likeness (QED) is 0.456. The van der Waals surface area contributed by atoms with Gasteiger partial charge in [0.2, 0.25) is 0 Å². The summed E-state index contributed by atoms with van der Waals surface area (Å²) < 4.78 is 43.4. The van der Waals surface area contributed by atoms with Crippen LogP contribution in [0.2, 0.25) is 0 Å². The van der Waals surface area contributed by atoms with Gasteiger partial charge in [-0.15, -0.1) is 0 Å². The van der Waals surface area contributed by atoms with Crippen molar-refractivity contribution in [3.8, 4) is 6.07 Å². The summed E-state index contributed by atoms with van der Waals surface area (Å²) in [5, 5.41) is 39.4. The highest BCUT2D eigenvalue weighted by Gasteiger charge is 2.64. The number of H-pyrrole nitrogens is 1. The summed E-state index contributed by atoms with van der Waals surface area (Å²) in [6, 6.07) is 8.10. The van der Waals surface area contributed by atoms with Gasteiger partial charge in [-0.25, -0.2) is 0 Å². The molecule has 1 aliphatic carbocycles. The topological polar surface area (TPSA) is 147 Å². The van der Waals surface area contributed by atoms with Crippen LogP contribution >= 0.6 is 0 Å². The molecule has 12 heteroatoms. The van der Waals surface area contributed by atoms with E-state index in [1.54, 1.807) is 10.7 Å². The van der Waals surface area contributed by atoms with E-state index in [1.165, 1.54) is 18.3 Å². The minimum Gasteiger partial charge on any atom is -0.549 e. The van der Waals surface area contributed by atoms with Gasteiger partial charge in [0, 0.05) is 17.3 Å². The van der Waals surface area contributed by atoms with Gasteiger partial charge in [0.25, 0.3) is 5.56 Å². The van der Waals surface area contributed by atoms with Gasteiger partial charge in [0.1, 0.15) is 5.39 Å². The van der Waals surface area contributed by atoms with Gasteiger partial charge in [0.05, 0.1) is 29.5 Å². The molecule has 1 unspecified atom stereocenters. The van der Waals surface area contributed by atoms with Gasteiger partial charge in [0.15, 0.2) is 11.4 Å². The Kier molecular flexibility index (Phi) is 6.54. The minimum atomic E-state index is -5.31. The number of carbonyl (C=O) groups is 1. The van der Waals surface area contributed by atoms with Crippen LogP contribution < -0.4 is 16.0 Å². The number of nitrogens with zero attached hydrogens (tertiary/aromatic N) is 3. The Balaban J connectivity index is 1.74. The van der Waals surface area contributed by atoms with Crippen molar-refractivity contribution in [1.29, 1.82) is 5.26 Å². The Morgan fingerprint density at radius 2 is 1.86 bits per heavy atom. The Bertz CT molecular complexity index is 1420. The number of hydrogen-bond donors (Lipinski definition) is 3. The van der Waals surface area contributed by atoms with Crippen LogP contribution in [0.25, 0.3) is 10.9 Å². The van der Waals surface area contributed by atoms with Crippen LogP contribution in [0.4, 0.5) is 24.7 Å². The van der Waals surface area contributed by atoms with Crippen LogP contribution in [0.1, 0.15) is 51.1 Å². The number of hydrogen-bond acceptors (Lipinski definition) is 7. The average Bonchev–Trinajstić information content (AvgIpc) is 3.22. The van der Waals surface area contributed by atoms with Crippen molar-refractivity contribution >= 4 is 28.4 Å². The number of nitrogens with one attached hydrogen (secondary N) is 2. The normalized spacial score (nSPS) is 20.2. The molecule has 0 bridgehead atoms. The molecule has 0 saturated heterocycles. The number of benzene rings is 1. The summed E-state index contributed by atoms with van der Waals surface area (Å²) in [5.41, 5.74) is -6.79. The first kappa shape index (κ1) is 26.2.